The minimum atomic E-state index is -3.87. The van der Waals surface area contributed by atoms with E-state index in [0.29, 0.717) is 22.4 Å². The van der Waals surface area contributed by atoms with Crippen LogP contribution in [-0.2, 0) is 21.2 Å². The number of anilines is 1. The quantitative estimate of drug-likeness (QED) is 0.280. The second-order valence-corrected chi connectivity index (χ2v) is 8.56. The fraction of sp³-hybridized carbons (Fsp3) is 0.0909. The number of amides is 1. The van der Waals surface area contributed by atoms with Crippen LogP contribution in [0, 0.1) is 5.41 Å². The lowest BCUT2D eigenvalue weighted by Gasteiger charge is -2.14. The number of primary sulfonamides is 1. The third-order valence-electron chi connectivity index (χ3n) is 4.69. The number of carbonyl (C=O) groups excluding carboxylic acids is 1. The predicted molar refractivity (Wildman–Crippen MR) is 121 cm³/mol. The van der Waals surface area contributed by atoms with Crippen LogP contribution in [-0.4, -0.2) is 26.2 Å². The van der Waals surface area contributed by atoms with E-state index in [1.54, 1.807) is 60.7 Å². The van der Waals surface area contributed by atoms with Crippen molar-refractivity contribution in [1.82, 2.24) is 0 Å². The molecule has 0 saturated heterocycles. The summed E-state index contributed by atoms with van der Waals surface area (Å²) >= 11 is 0. The number of nitrogens with one attached hydrogen (secondary N) is 2. The molecule has 0 spiro atoms. The predicted octanol–water partition coefficient (Wildman–Crippen LogP) is 1.79. The lowest BCUT2D eigenvalue weighted by molar-refractivity contribution is -0.117. The Morgan fingerprint density at radius 1 is 1.00 bits per heavy atom. The van der Waals surface area contributed by atoms with Crippen LogP contribution in [0.1, 0.15) is 11.1 Å². The molecule has 3 aromatic rings. The van der Waals surface area contributed by atoms with E-state index >= 15 is 0 Å². The molecular formula is C22H23N5O3S. The number of carbonyl (C=O) groups is 1. The molecule has 8 nitrogen and oxygen atoms in total. The summed E-state index contributed by atoms with van der Waals surface area (Å²) in [6, 6.07) is 19.4. The van der Waals surface area contributed by atoms with Gasteiger partial charge in [0, 0.05) is 16.8 Å². The van der Waals surface area contributed by atoms with Crippen molar-refractivity contribution in [3.8, 4) is 11.1 Å². The highest BCUT2D eigenvalue weighted by molar-refractivity contribution is 7.89. The van der Waals surface area contributed by atoms with Gasteiger partial charge in [0.15, 0.2) is 0 Å². The third kappa shape index (κ3) is 5.54. The summed E-state index contributed by atoms with van der Waals surface area (Å²) in [6.45, 7) is 0. The number of nitrogens with two attached hydrogens (primary N) is 3. The zero-order valence-corrected chi connectivity index (χ0v) is 17.4. The van der Waals surface area contributed by atoms with Crippen LogP contribution < -0.4 is 21.9 Å². The summed E-state index contributed by atoms with van der Waals surface area (Å²) in [5, 5.41) is 15.5. The fourth-order valence-electron chi connectivity index (χ4n) is 3.13. The van der Waals surface area contributed by atoms with Gasteiger partial charge >= 0.3 is 0 Å². The summed E-state index contributed by atoms with van der Waals surface area (Å²) in [7, 11) is -3.87. The average molecular weight is 438 g/mol. The van der Waals surface area contributed by atoms with E-state index in [0.717, 1.165) is 5.56 Å². The van der Waals surface area contributed by atoms with E-state index < -0.39 is 16.1 Å². The molecular weight excluding hydrogens is 414 g/mol. The molecule has 31 heavy (non-hydrogen) atoms. The van der Waals surface area contributed by atoms with Gasteiger partial charge in [-0.3, -0.25) is 10.2 Å². The first-order chi connectivity index (χ1) is 14.6. The largest absolute Gasteiger partial charge is 0.384 e. The number of sulfonamides is 1. The maximum atomic E-state index is 12.5. The lowest BCUT2D eigenvalue weighted by Crippen LogP contribution is -2.37. The van der Waals surface area contributed by atoms with Crippen LogP contribution in [0.3, 0.4) is 0 Å². The van der Waals surface area contributed by atoms with E-state index in [2.05, 4.69) is 5.32 Å². The van der Waals surface area contributed by atoms with Crippen LogP contribution in [0.2, 0.25) is 0 Å². The number of nitrogen functional groups attached to an aromatic ring is 1. The van der Waals surface area contributed by atoms with Gasteiger partial charge in [-0.1, -0.05) is 48.5 Å². The molecule has 160 valence electrons. The first kappa shape index (κ1) is 22.2. The van der Waals surface area contributed by atoms with E-state index in [1.807, 2.05) is 6.07 Å². The van der Waals surface area contributed by atoms with Crippen molar-refractivity contribution in [2.45, 2.75) is 17.4 Å². The third-order valence-corrected chi connectivity index (χ3v) is 5.66. The first-order valence-electron chi connectivity index (χ1n) is 9.37. The monoisotopic (exact) mass is 437 g/mol. The molecule has 0 aliphatic rings. The lowest BCUT2D eigenvalue weighted by atomic mass is 10.0. The molecule has 1 atom stereocenters. The van der Waals surface area contributed by atoms with E-state index in [9.17, 15) is 13.2 Å². The topological polar surface area (TPSA) is 165 Å². The number of benzene rings is 3. The highest BCUT2D eigenvalue weighted by Gasteiger charge is 2.16. The van der Waals surface area contributed by atoms with Gasteiger partial charge in [0.2, 0.25) is 15.9 Å². The van der Waals surface area contributed by atoms with Crippen LogP contribution in [0.5, 0.6) is 0 Å². The van der Waals surface area contributed by atoms with E-state index in [-0.39, 0.29) is 23.1 Å². The average Bonchev–Trinajstić information content (AvgIpc) is 2.74. The Labute approximate surface area is 180 Å². The summed E-state index contributed by atoms with van der Waals surface area (Å²) in [5.74, 6) is -0.421. The molecule has 0 aliphatic heterocycles. The molecule has 3 aromatic carbocycles. The molecule has 0 fully saturated rings. The molecule has 9 heteroatoms. The Hall–Kier alpha value is -3.53. The van der Waals surface area contributed by atoms with Crippen LogP contribution >= 0.6 is 0 Å². The minimum absolute atomic E-state index is 0.0293. The number of hydrogen-bond donors (Lipinski definition) is 5. The highest BCUT2D eigenvalue weighted by atomic mass is 32.2. The standard InChI is InChI=1S/C22H23N5O3S/c23-19(13-14-4-3-5-16(12-14)21(24)25)22(28)27-17-10-8-15(9-11-17)18-6-1-2-7-20(18)31(26,29)30/h1-12,19H,13,23H2,(H3,24,25)(H,27,28)(H2,26,29,30)/t19-/m0/s1. The van der Waals surface area contributed by atoms with Gasteiger partial charge in [0.25, 0.3) is 0 Å². The number of hydrogen-bond acceptors (Lipinski definition) is 5. The maximum absolute atomic E-state index is 12.5. The van der Waals surface area contributed by atoms with E-state index in [4.69, 9.17) is 22.0 Å². The number of rotatable bonds is 7. The van der Waals surface area contributed by atoms with Crippen molar-refractivity contribution in [1.29, 1.82) is 5.41 Å². The molecule has 1 amide bonds. The molecule has 0 radical (unpaired) electrons. The van der Waals surface area contributed by atoms with Crippen LogP contribution in [0.25, 0.3) is 11.1 Å². The van der Waals surface area contributed by atoms with Crippen molar-refractivity contribution in [3.05, 3.63) is 83.9 Å². The fourth-order valence-corrected chi connectivity index (χ4v) is 3.89. The van der Waals surface area contributed by atoms with Gasteiger partial charge in [0.05, 0.1) is 10.9 Å². The molecule has 0 unspecified atom stereocenters. The number of amidine groups is 1. The van der Waals surface area contributed by atoms with Crippen molar-refractivity contribution in [2.75, 3.05) is 5.32 Å². The van der Waals surface area contributed by atoms with Crippen molar-refractivity contribution in [3.63, 3.8) is 0 Å². The second-order valence-electron chi connectivity index (χ2n) is 7.03. The Morgan fingerprint density at radius 3 is 2.32 bits per heavy atom. The molecule has 3 rings (SSSR count). The molecule has 0 aliphatic carbocycles. The molecule has 0 aromatic heterocycles. The molecule has 0 saturated carbocycles. The second kappa shape index (κ2) is 9.09. The maximum Gasteiger partial charge on any atom is 0.241 e. The van der Waals surface area contributed by atoms with Crippen molar-refractivity contribution >= 4 is 27.5 Å². The normalized spacial score (nSPS) is 12.2. The molecule has 8 N–H and O–H groups in total. The smallest absolute Gasteiger partial charge is 0.241 e. The van der Waals surface area contributed by atoms with Crippen LogP contribution in [0.4, 0.5) is 5.69 Å². The van der Waals surface area contributed by atoms with Gasteiger partial charge in [-0.05, 0) is 41.8 Å². The van der Waals surface area contributed by atoms with Gasteiger partial charge in [-0.15, -0.1) is 0 Å². The Bertz CT molecular complexity index is 1220. The van der Waals surface area contributed by atoms with Crippen molar-refractivity contribution < 1.29 is 13.2 Å². The van der Waals surface area contributed by atoms with Gasteiger partial charge in [-0.25, -0.2) is 13.6 Å². The van der Waals surface area contributed by atoms with Gasteiger partial charge < -0.3 is 16.8 Å². The summed E-state index contributed by atoms with van der Waals surface area (Å²) < 4.78 is 23.6. The van der Waals surface area contributed by atoms with Crippen LogP contribution in [0.15, 0.2) is 77.7 Å². The van der Waals surface area contributed by atoms with Gasteiger partial charge in [0.1, 0.15) is 5.84 Å². The zero-order valence-electron chi connectivity index (χ0n) is 16.6. The van der Waals surface area contributed by atoms with Crippen molar-refractivity contribution in [2.24, 2.45) is 16.6 Å². The summed E-state index contributed by atoms with van der Waals surface area (Å²) in [6.07, 6.45) is 0.284. The SMILES string of the molecule is N=C(N)c1cccc(C[C@H](N)C(=O)Nc2ccc(-c3ccccc3S(N)(=O)=O)cc2)c1. The van der Waals surface area contributed by atoms with E-state index in [1.165, 1.54) is 6.07 Å². The molecule has 0 heterocycles. The Kier molecular flexibility index (Phi) is 6.50. The summed E-state index contributed by atoms with van der Waals surface area (Å²) in [5.41, 5.74) is 14.5. The molecule has 0 bridgehead atoms. The summed E-state index contributed by atoms with van der Waals surface area (Å²) in [4.78, 5) is 12.5. The zero-order chi connectivity index (χ0) is 22.6. The Balaban J connectivity index is 1.71. The van der Waals surface area contributed by atoms with Gasteiger partial charge in [-0.2, -0.15) is 0 Å². The first-order valence-corrected chi connectivity index (χ1v) is 10.9. The Morgan fingerprint density at radius 2 is 1.68 bits per heavy atom. The minimum Gasteiger partial charge on any atom is -0.384 e. The highest BCUT2D eigenvalue weighted by Crippen LogP contribution is 2.27.